The first-order chi connectivity index (χ1) is 20.3. The van der Waals surface area contributed by atoms with Crippen LogP contribution in [0.4, 0.5) is 11.4 Å². The van der Waals surface area contributed by atoms with Crippen molar-refractivity contribution < 1.29 is 19.4 Å². The van der Waals surface area contributed by atoms with Gasteiger partial charge in [0, 0.05) is 18.6 Å². The molecule has 1 aromatic rings. The van der Waals surface area contributed by atoms with Crippen LogP contribution in [0, 0.1) is 55.2 Å². The molecule has 0 heterocycles. The standard InChI is InChI=1S/C35H46N2O6/c1-22(2)23(3)9-10-25(5)29-19-33-26(8-7-15-35(33,6)21-29)12-13-27-18-32(14-11-24(27)4)43-34(38)28-16-30(36(39)40)20-31(17-28)37(41)42/h9-10,12-13,16-17,20,22-23,25,29,32-33H,4,7-8,11,14-15,18-19,21H2,1-3,5-6H3/b10-9+,26-12-,27-13-/t23-,25-,29+,32+,33-,35-/m0/s1. The smallest absolute Gasteiger partial charge is 0.338 e. The van der Waals surface area contributed by atoms with Crippen molar-refractivity contribution in [2.75, 3.05) is 0 Å². The predicted octanol–water partition coefficient (Wildman–Crippen LogP) is 9.32. The van der Waals surface area contributed by atoms with E-state index in [1.165, 1.54) is 31.3 Å². The van der Waals surface area contributed by atoms with E-state index >= 15 is 0 Å². The van der Waals surface area contributed by atoms with Crippen LogP contribution in [-0.2, 0) is 4.74 Å². The summed E-state index contributed by atoms with van der Waals surface area (Å²) in [6.07, 6.45) is 16.6. The van der Waals surface area contributed by atoms with E-state index in [1.807, 2.05) is 0 Å². The number of carbonyl (C=O) groups excluding carboxylic acids is 1. The first kappa shape index (κ1) is 32.4. The van der Waals surface area contributed by atoms with E-state index in [-0.39, 0.29) is 5.56 Å². The Balaban J connectivity index is 1.46. The lowest BCUT2D eigenvalue weighted by molar-refractivity contribution is -0.394. The van der Waals surface area contributed by atoms with Gasteiger partial charge in [-0.15, -0.1) is 0 Å². The minimum Gasteiger partial charge on any atom is -0.458 e. The van der Waals surface area contributed by atoms with Crippen molar-refractivity contribution in [1.29, 1.82) is 0 Å². The Labute approximate surface area is 255 Å². The molecule has 0 aliphatic heterocycles. The molecule has 0 spiro atoms. The molecule has 0 bridgehead atoms. The minimum atomic E-state index is -0.798. The Morgan fingerprint density at radius 2 is 1.72 bits per heavy atom. The van der Waals surface area contributed by atoms with Gasteiger partial charge in [0.05, 0.1) is 21.5 Å². The van der Waals surface area contributed by atoms with Crippen LogP contribution in [0.1, 0.15) is 96.3 Å². The van der Waals surface area contributed by atoms with Gasteiger partial charge in [-0.3, -0.25) is 20.2 Å². The average Bonchev–Trinajstić information content (AvgIpc) is 3.33. The zero-order valence-corrected chi connectivity index (χ0v) is 26.2. The normalized spacial score (nSPS) is 29.2. The van der Waals surface area contributed by atoms with Crippen LogP contribution in [0.15, 0.2) is 65.8 Å². The monoisotopic (exact) mass is 590 g/mol. The van der Waals surface area contributed by atoms with E-state index in [0.29, 0.717) is 54.3 Å². The summed E-state index contributed by atoms with van der Waals surface area (Å²) in [6, 6.07) is 2.88. The number of rotatable bonds is 9. The number of nitro groups is 2. The lowest BCUT2D eigenvalue weighted by Gasteiger charge is -2.38. The van der Waals surface area contributed by atoms with Gasteiger partial charge in [-0.05, 0) is 85.5 Å². The number of nitro benzene ring substituents is 2. The quantitative estimate of drug-likeness (QED) is 0.123. The lowest BCUT2D eigenvalue weighted by Crippen LogP contribution is -2.27. The van der Waals surface area contributed by atoms with E-state index in [0.717, 1.165) is 35.8 Å². The van der Waals surface area contributed by atoms with Gasteiger partial charge in [0.1, 0.15) is 6.10 Å². The Kier molecular flexibility index (Phi) is 10.1. The molecule has 0 amide bonds. The van der Waals surface area contributed by atoms with Crippen LogP contribution in [0.25, 0.3) is 0 Å². The molecule has 1 aromatic carbocycles. The summed E-state index contributed by atoms with van der Waals surface area (Å²) in [7, 11) is 0. The van der Waals surface area contributed by atoms with E-state index in [4.69, 9.17) is 4.74 Å². The maximum atomic E-state index is 12.9. The van der Waals surface area contributed by atoms with Gasteiger partial charge in [0.15, 0.2) is 0 Å². The van der Waals surface area contributed by atoms with E-state index in [2.05, 4.69) is 65.5 Å². The van der Waals surface area contributed by atoms with Crippen LogP contribution in [0.5, 0.6) is 0 Å². The van der Waals surface area contributed by atoms with Crippen LogP contribution in [0.3, 0.4) is 0 Å². The summed E-state index contributed by atoms with van der Waals surface area (Å²) in [5, 5.41) is 22.5. The summed E-state index contributed by atoms with van der Waals surface area (Å²) in [4.78, 5) is 33.9. The Bertz CT molecular complexity index is 1330. The molecular formula is C35H46N2O6. The molecule has 8 heteroatoms. The van der Waals surface area contributed by atoms with Gasteiger partial charge >= 0.3 is 5.97 Å². The lowest BCUT2D eigenvalue weighted by atomic mass is 9.67. The highest BCUT2D eigenvalue weighted by Gasteiger charge is 2.47. The fraction of sp³-hybridized carbons (Fsp3) is 0.571. The van der Waals surface area contributed by atoms with Crippen LogP contribution in [0.2, 0.25) is 0 Å². The van der Waals surface area contributed by atoms with E-state index < -0.39 is 33.3 Å². The molecule has 8 nitrogen and oxygen atoms in total. The minimum absolute atomic E-state index is 0.196. The molecule has 6 atom stereocenters. The topological polar surface area (TPSA) is 113 Å². The van der Waals surface area contributed by atoms with E-state index in [1.54, 1.807) is 0 Å². The van der Waals surface area contributed by atoms with Crippen molar-refractivity contribution in [2.45, 2.75) is 92.1 Å². The van der Waals surface area contributed by atoms with Crippen molar-refractivity contribution in [2.24, 2.45) is 35.0 Å². The number of ether oxygens (including phenoxy) is 1. The van der Waals surface area contributed by atoms with Crippen LogP contribution in [-0.4, -0.2) is 21.9 Å². The molecule has 0 aromatic heterocycles. The number of hydrogen-bond acceptors (Lipinski definition) is 6. The molecule has 0 N–H and O–H groups in total. The second kappa shape index (κ2) is 13.4. The maximum absolute atomic E-state index is 12.9. The molecule has 4 rings (SSSR count). The first-order valence-electron chi connectivity index (χ1n) is 15.7. The van der Waals surface area contributed by atoms with Crippen molar-refractivity contribution in [3.05, 3.63) is 91.6 Å². The number of esters is 1. The number of carbonyl (C=O) groups is 1. The fourth-order valence-corrected chi connectivity index (χ4v) is 7.11. The fourth-order valence-electron chi connectivity index (χ4n) is 7.11. The predicted molar refractivity (Wildman–Crippen MR) is 169 cm³/mol. The summed E-state index contributed by atoms with van der Waals surface area (Å²) >= 11 is 0. The van der Waals surface area contributed by atoms with Gasteiger partial charge < -0.3 is 4.74 Å². The van der Waals surface area contributed by atoms with Crippen LogP contribution < -0.4 is 0 Å². The summed E-state index contributed by atoms with van der Waals surface area (Å²) < 4.78 is 5.70. The van der Waals surface area contributed by atoms with Crippen molar-refractivity contribution >= 4 is 17.3 Å². The highest BCUT2D eigenvalue weighted by Crippen LogP contribution is 2.58. The van der Waals surface area contributed by atoms with Gasteiger partial charge in [0.25, 0.3) is 11.4 Å². The number of benzene rings is 1. The second-order valence-corrected chi connectivity index (χ2v) is 13.7. The zero-order chi connectivity index (χ0) is 31.5. The van der Waals surface area contributed by atoms with Gasteiger partial charge in [0.2, 0.25) is 0 Å². The van der Waals surface area contributed by atoms with Gasteiger partial charge in [-0.2, -0.15) is 0 Å². The first-order valence-corrected chi connectivity index (χ1v) is 15.7. The summed E-state index contributed by atoms with van der Waals surface area (Å²) in [6.45, 7) is 15.9. The Morgan fingerprint density at radius 1 is 1.05 bits per heavy atom. The third-order valence-electron chi connectivity index (χ3n) is 10.3. The molecule has 0 saturated heterocycles. The van der Waals surface area contributed by atoms with Crippen LogP contribution >= 0.6 is 0 Å². The number of allylic oxidation sites excluding steroid dienone is 6. The Morgan fingerprint density at radius 3 is 2.35 bits per heavy atom. The third kappa shape index (κ3) is 7.70. The number of hydrogen-bond donors (Lipinski definition) is 0. The molecule has 3 aliphatic carbocycles. The molecule has 43 heavy (non-hydrogen) atoms. The molecule has 3 saturated carbocycles. The molecule has 0 radical (unpaired) electrons. The van der Waals surface area contributed by atoms with Gasteiger partial charge in [-0.1, -0.05) is 76.6 Å². The second-order valence-electron chi connectivity index (χ2n) is 13.7. The number of fused-ring (bicyclic) bond motifs is 1. The maximum Gasteiger partial charge on any atom is 0.338 e. The molecule has 0 unspecified atom stereocenters. The number of nitrogens with zero attached hydrogens (tertiary/aromatic N) is 2. The molecular weight excluding hydrogens is 544 g/mol. The third-order valence-corrected chi connectivity index (χ3v) is 10.3. The largest absolute Gasteiger partial charge is 0.458 e. The molecule has 3 aliphatic rings. The SMILES string of the molecule is C=C1CC[C@@H](OC(=O)c2cc([N+](=O)[O-])cc([N+](=O)[O-])c2)C/C1=C/C=C1/CCC[C@@]2(C)C[C@H]([C@@H](C)/C=C/[C@H](C)C(C)C)C[C@@H]12. The molecule has 3 fully saturated rings. The molecule has 232 valence electrons. The zero-order valence-electron chi connectivity index (χ0n) is 26.2. The highest BCUT2D eigenvalue weighted by molar-refractivity contribution is 5.91. The summed E-state index contributed by atoms with van der Waals surface area (Å²) in [5.41, 5.74) is 2.66. The average molecular weight is 591 g/mol. The Hall–Kier alpha value is -3.55. The van der Waals surface area contributed by atoms with Crippen molar-refractivity contribution in [3.8, 4) is 0 Å². The van der Waals surface area contributed by atoms with Crippen molar-refractivity contribution in [1.82, 2.24) is 0 Å². The van der Waals surface area contributed by atoms with E-state index in [9.17, 15) is 25.0 Å². The summed E-state index contributed by atoms with van der Waals surface area (Å²) in [5.74, 6) is 2.24. The van der Waals surface area contributed by atoms with Crippen molar-refractivity contribution in [3.63, 3.8) is 0 Å². The highest BCUT2D eigenvalue weighted by atomic mass is 16.6. The van der Waals surface area contributed by atoms with Gasteiger partial charge in [-0.25, -0.2) is 4.79 Å². The number of non-ortho nitro benzene ring substituents is 2.